The van der Waals surface area contributed by atoms with E-state index in [0.717, 1.165) is 37.9 Å². The minimum atomic E-state index is -0.0458. The molecule has 5 rings (SSSR count). The number of amides is 1. The van der Waals surface area contributed by atoms with Crippen molar-refractivity contribution in [2.75, 3.05) is 20.3 Å². The van der Waals surface area contributed by atoms with Gasteiger partial charge in [-0.15, -0.1) is 0 Å². The first-order valence-electron chi connectivity index (χ1n) is 10.1. The Balaban J connectivity index is 1.40. The van der Waals surface area contributed by atoms with Gasteiger partial charge in [0.1, 0.15) is 11.4 Å². The minimum absolute atomic E-state index is 0.00259. The first-order chi connectivity index (χ1) is 14.2. The highest BCUT2D eigenvalue weighted by atomic mass is 16.5. The van der Waals surface area contributed by atoms with Gasteiger partial charge in [-0.05, 0) is 48.6 Å². The third-order valence-corrected chi connectivity index (χ3v) is 6.39. The van der Waals surface area contributed by atoms with E-state index in [-0.39, 0.29) is 23.8 Å². The smallest absolute Gasteiger partial charge is 0.226 e. The van der Waals surface area contributed by atoms with Gasteiger partial charge in [0.2, 0.25) is 5.91 Å². The predicted octanol–water partition coefficient (Wildman–Crippen LogP) is 3.59. The van der Waals surface area contributed by atoms with Gasteiger partial charge in [0.15, 0.2) is 5.58 Å². The van der Waals surface area contributed by atoms with Crippen LogP contribution in [0.4, 0.5) is 0 Å². The molecule has 6 nitrogen and oxygen atoms in total. The number of hydrogen-bond acceptors (Lipinski definition) is 5. The van der Waals surface area contributed by atoms with Gasteiger partial charge in [-0.25, -0.2) is 0 Å². The Morgan fingerprint density at radius 1 is 1.24 bits per heavy atom. The SMILES string of the molecule is COc1ccc2onc(CC(=O)NC3c4ccccc4CC34CCOCC4)c2c1. The molecule has 1 aromatic heterocycles. The Morgan fingerprint density at radius 3 is 2.90 bits per heavy atom. The summed E-state index contributed by atoms with van der Waals surface area (Å²) in [4.78, 5) is 13.0. The summed E-state index contributed by atoms with van der Waals surface area (Å²) in [5.41, 5.74) is 3.88. The molecule has 0 radical (unpaired) electrons. The predicted molar refractivity (Wildman–Crippen MR) is 108 cm³/mol. The molecule has 1 aliphatic heterocycles. The van der Waals surface area contributed by atoms with E-state index < -0.39 is 0 Å². The van der Waals surface area contributed by atoms with Gasteiger partial charge in [-0.2, -0.15) is 0 Å². The van der Waals surface area contributed by atoms with Gasteiger partial charge in [-0.3, -0.25) is 4.79 Å². The maximum absolute atomic E-state index is 13.0. The second-order valence-electron chi connectivity index (χ2n) is 8.02. The van der Waals surface area contributed by atoms with Crippen molar-refractivity contribution in [3.8, 4) is 5.75 Å². The van der Waals surface area contributed by atoms with Gasteiger partial charge in [-0.1, -0.05) is 29.4 Å². The lowest BCUT2D eigenvalue weighted by molar-refractivity contribution is -0.123. The molecular formula is C23H24N2O4. The summed E-state index contributed by atoms with van der Waals surface area (Å²) in [5.74, 6) is 0.670. The van der Waals surface area contributed by atoms with Crippen LogP contribution < -0.4 is 10.1 Å². The first kappa shape index (κ1) is 18.2. The zero-order valence-corrected chi connectivity index (χ0v) is 16.4. The van der Waals surface area contributed by atoms with E-state index in [1.165, 1.54) is 11.1 Å². The number of carbonyl (C=O) groups excluding carboxylic acids is 1. The van der Waals surface area contributed by atoms with Crippen LogP contribution in [-0.4, -0.2) is 31.4 Å². The highest BCUT2D eigenvalue weighted by molar-refractivity contribution is 5.87. The number of nitrogens with zero attached hydrogens (tertiary/aromatic N) is 1. The monoisotopic (exact) mass is 392 g/mol. The zero-order chi connectivity index (χ0) is 19.8. The Kier molecular flexibility index (Phi) is 4.51. The summed E-state index contributed by atoms with van der Waals surface area (Å²) < 4.78 is 16.3. The van der Waals surface area contributed by atoms with Gasteiger partial charge >= 0.3 is 0 Å². The van der Waals surface area contributed by atoms with Gasteiger partial charge in [0, 0.05) is 24.0 Å². The molecule has 2 heterocycles. The van der Waals surface area contributed by atoms with Crippen LogP contribution in [0.1, 0.15) is 35.7 Å². The van der Waals surface area contributed by atoms with Crippen LogP contribution in [0.25, 0.3) is 11.0 Å². The number of rotatable bonds is 4. The summed E-state index contributed by atoms with van der Waals surface area (Å²) in [5, 5.41) is 8.25. The Hall–Kier alpha value is -2.86. The third kappa shape index (κ3) is 3.17. The molecule has 1 saturated heterocycles. The largest absolute Gasteiger partial charge is 0.497 e. The molecule has 150 valence electrons. The zero-order valence-electron chi connectivity index (χ0n) is 16.4. The fraction of sp³-hybridized carbons (Fsp3) is 0.391. The number of ether oxygens (including phenoxy) is 2. The Bertz CT molecular complexity index is 1050. The highest BCUT2D eigenvalue weighted by Crippen LogP contribution is 2.51. The average molecular weight is 392 g/mol. The van der Waals surface area contributed by atoms with Gasteiger partial charge < -0.3 is 19.3 Å². The molecule has 1 spiro atoms. The lowest BCUT2D eigenvalue weighted by Crippen LogP contribution is -2.42. The number of methoxy groups -OCH3 is 1. The van der Waals surface area contributed by atoms with Crippen molar-refractivity contribution >= 4 is 16.9 Å². The number of fused-ring (bicyclic) bond motifs is 2. The maximum atomic E-state index is 13.0. The third-order valence-electron chi connectivity index (χ3n) is 6.39. The molecule has 3 aromatic rings. The van der Waals surface area contributed by atoms with E-state index in [1.807, 2.05) is 24.3 Å². The lowest BCUT2D eigenvalue weighted by atomic mass is 9.74. The average Bonchev–Trinajstić information content (AvgIpc) is 3.27. The lowest BCUT2D eigenvalue weighted by Gasteiger charge is -2.39. The van der Waals surface area contributed by atoms with Gasteiger partial charge in [0.05, 0.1) is 19.6 Å². The van der Waals surface area contributed by atoms with Crippen molar-refractivity contribution in [1.82, 2.24) is 10.5 Å². The Morgan fingerprint density at radius 2 is 2.07 bits per heavy atom. The normalized spacial score (nSPS) is 20.0. The van der Waals surface area contributed by atoms with Crippen LogP contribution in [0.15, 0.2) is 47.0 Å². The summed E-state index contributed by atoms with van der Waals surface area (Å²) >= 11 is 0. The minimum Gasteiger partial charge on any atom is -0.497 e. The van der Waals surface area contributed by atoms with E-state index in [2.05, 4.69) is 28.7 Å². The van der Waals surface area contributed by atoms with E-state index >= 15 is 0 Å². The van der Waals surface area contributed by atoms with E-state index in [1.54, 1.807) is 7.11 Å². The summed E-state index contributed by atoms with van der Waals surface area (Å²) in [7, 11) is 1.62. The molecule has 1 atom stereocenters. The fourth-order valence-electron chi connectivity index (χ4n) is 4.85. The number of carbonyl (C=O) groups is 1. The van der Waals surface area contributed by atoms with Crippen molar-refractivity contribution in [2.45, 2.75) is 31.7 Å². The van der Waals surface area contributed by atoms with Crippen molar-refractivity contribution in [1.29, 1.82) is 0 Å². The molecule has 29 heavy (non-hydrogen) atoms. The van der Waals surface area contributed by atoms with Gasteiger partial charge in [0.25, 0.3) is 0 Å². The molecule has 6 heteroatoms. The molecule has 2 aromatic carbocycles. The number of hydrogen-bond donors (Lipinski definition) is 1. The van der Waals surface area contributed by atoms with Crippen LogP contribution in [0.3, 0.4) is 0 Å². The van der Waals surface area contributed by atoms with Crippen LogP contribution in [0.5, 0.6) is 5.75 Å². The molecule has 1 unspecified atom stereocenters. The van der Waals surface area contributed by atoms with Crippen LogP contribution in [-0.2, 0) is 22.4 Å². The Labute approximate surface area is 169 Å². The highest BCUT2D eigenvalue weighted by Gasteiger charge is 2.47. The number of benzene rings is 2. The molecule has 1 N–H and O–H groups in total. The number of nitrogens with one attached hydrogen (secondary N) is 1. The molecule has 0 bridgehead atoms. The van der Waals surface area contributed by atoms with Crippen molar-refractivity contribution in [2.24, 2.45) is 5.41 Å². The van der Waals surface area contributed by atoms with Crippen molar-refractivity contribution in [3.63, 3.8) is 0 Å². The van der Waals surface area contributed by atoms with E-state index in [0.29, 0.717) is 17.0 Å². The molecule has 0 saturated carbocycles. The van der Waals surface area contributed by atoms with Crippen molar-refractivity contribution in [3.05, 3.63) is 59.3 Å². The quantitative estimate of drug-likeness (QED) is 0.735. The molecule has 1 fully saturated rings. The maximum Gasteiger partial charge on any atom is 0.226 e. The summed E-state index contributed by atoms with van der Waals surface area (Å²) in [6.07, 6.45) is 3.07. The summed E-state index contributed by atoms with van der Waals surface area (Å²) in [6, 6.07) is 13.9. The molecular weight excluding hydrogens is 368 g/mol. The van der Waals surface area contributed by atoms with E-state index in [9.17, 15) is 4.79 Å². The first-order valence-corrected chi connectivity index (χ1v) is 10.1. The topological polar surface area (TPSA) is 73.6 Å². The molecule has 1 aliphatic carbocycles. The van der Waals surface area contributed by atoms with Crippen LogP contribution in [0, 0.1) is 5.41 Å². The van der Waals surface area contributed by atoms with E-state index in [4.69, 9.17) is 14.0 Å². The van der Waals surface area contributed by atoms with Crippen LogP contribution in [0.2, 0.25) is 0 Å². The number of aromatic nitrogens is 1. The fourth-order valence-corrected chi connectivity index (χ4v) is 4.85. The standard InChI is InChI=1S/C23H24N2O4/c1-27-16-6-7-20-18(12-16)19(25-29-20)13-21(26)24-22-17-5-3-2-4-15(17)14-23(22)8-10-28-11-9-23/h2-7,12,22H,8-11,13-14H2,1H3,(H,24,26). The molecule has 2 aliphatic rings. The summed E-state index contributed by atoms with van der Waals surface area (Å²) in [6.45, 7) is 1.49. The van der Waals surface area contributed by atoms with Crippen LogP contribution >= 0.6 is 0 Å². The second kappa shape index (κ2) is 7.19. The van der Waals surface area contributed by atoms with Crippen molar-refractivity contribution < 1.29 is 18.8 Å². The second-order valence-corrected chi connectivity index (χ2v) is 8.02. The molecule has 1 amide bonds.